The van der Waals surface area contributed by atoms with Crippen molar-refractivity contribution in [2.45, 2.75) is 26.3 Å². The van der Waals surface area contributed by atoms with Gasteiger partial charge in [-0.2, -0.15) is 5.26 Å². The van der Waals surface area contributed by atoms with Gasteiger partial charge in [0, 0.05) is 26.3 Å². The number of likely N-dealkylation sites (N-methyl/N-ethyl adjacent to an activating group) is 1. The van der Waals surface area contributed by atoms with Crippen LogP contribution >= 0.6 is 0 Å². The zero-order chi connectivity index (χ0) is 18.8. The number of hydrogen-bond acceptors (Lipinski definition) is 6. The topological polar surface area (TPSA) is 106 Å². The van der Waals surface area contributed by atoms with E-state index < -0.39 is 17.6 Å². The highest BCUT2D eigenvalue weighted by Gasteiger charge is 2.36. The van der Waals surface area contributed by atoms with Crippen LogP contribution in [0.5, 0.6) is 0 Å². The number of aromatic amines is 1. The second kappa shape index (κ2) is 7.12. The van der Waals surface area contributed by atoms with Crippen LogP contribution in [0.15, 0.2) is 18.6 Å². The lowest BCUT2D eigenvalue weighted by molar-refractivity contribution is -0.139. The third kappa shape index (κ3) is 3.12. The minimum atomic E-state index is -1.22. The SMILES string of the molecule is CC(=O)C(C#N)C(=O)N1CC[C@@H](C)[C@@H](N(C)c2ncnc3[nH]ccc23)C1. The Morgan fingerprint density at radius 2 is 2.23 bits per heavy atom. The Hall–Kier alpha value is -2.95. The minimum Gasteiger partial charge on any atom is -0.354 e. The first-order valence-corrected chi connectivity index (χ1v) is 8.63. The number of ketones is 1. The van der Waals surface area contributed by atoms with E-state index in [9.17, 15) is 9.59 Å². The Kier molecular flexibility index (Phi) is 4.89. The van der Waals surface area contributed by atoms with E-state index in [4.69, 9.17) is 5.26 Å². The molecule has 1 fully saturated rings. The molecular formula is C18H22N6O2. The van der Waals surface area contributed by atoms with Crippen LogP contribution in [0.1, 0.15) is 20.3 Å². The van der Waals surface area contributed by atoms with Crippen molar-refractivity contribution in [2.75, 3.05) is 25.0 Å². The van der Waals surface area contributed by atoms with Gasteiger partial charge in [-0.15, -0.1) is 0 Å². The summed E-state index contributed by atoms with van der Waals surface area (Å²) < 4.78 is 0. The molecule has 1 aliphatic heterocycles. The highest BCUT2D eigenvalue weighted by Crippen LogP contribution is 2.29. The van der Waals surface area contributed by atoms with Gasteiger partial charge < -0.3 is 14.8 Å². The molecular weight excluding hydrogens is 332 g/mol. The summed E-state index contributed by atoms with van der Waals surface area (Å²) in [6.07, 6.45) is 4.14. The molecule has 1 N–H and O–H groups in total. The van der Waals surface area contributed by atoms with Gasteiger partial charge in [0.25, 0.3) is 0 Å². The number of nitrogens with one attached hydrogen (secondary N) is 1. The molecule has 3 rings (SSSR count). The van der Waals surface area contributed by atoms with Crippen LogP contribution in [0.4, 0.5) is 5.82 Å². The maximum Gasteiger partial charge on any atom is 0.247 e. The molecule has 0 radical (unpaired) electrons. The molecule has 0 saturated carbocycles. The second-order valence-electron chi connectivity index (χ2n) is 6.84. The van der Waals surface area contributed by atoms with Crippen molar-refractivity contribution in [2.24, 2.45) is 11.8 Å². The number of rotatable bonds is 4. The highest BCUT2D eigenvalue weighted by molar-refractivity contribution is 6.02. The van der Waals surface area contributed by atoms with E-state index in [-0.39, 0.29) is 6.04 Å². The minimum absolute atomic E-state index is 0.0343. The lowest BCUT2D eigenvalue weighted by Crippen LogP contribution is -2.54. The zero-order valence-corrected chi connectivity index (χ0v) is 15.1. The fourth-order valence-electron chi connectivity index (χ4n) is 3.55. The lowest BCUT2D eigenvalue weighted by Gasteiger charge is -2.42. The molecule has 1 unspecified atom stereocenters. The molecule has 0 aromatic carbocycles. The van der Waals surface area contributed by atoms with E-state index >= 15 is 0 Å². The smallest absolute Gasteiger partial charge is 0.247 e. The maximum absolute atomic E-state index is 12.6. The molecule has 3 atom stereocenters. The number of hydrogen-bond donors (Lipinski definition) is 1. The number of carbonyl (C=O) groups excluding carboxylic acids is 2. The Balaban J connectivity index is 1.85. The summed E-state index contributed by atoms with van der Waals surface area (Å²) in [5.41, 5.74) is 0.763. The first kappa shape index (κ1) is 17.9. The summed E-state index contributed by atoms with van der Waals surface area (Å²) in [5.74, 6) is -0.896. The first-order chi connectivity index (χ1) is 12.4. The zero-order valence-electron chi connectivity index (χ0n) is 15.1. The molecule has 0 bridgehead atoms. The molecule has 8 nitrogen and oxygen atoms in total. The van der Waals surface area contributed by atoms with Gasteiger partial charge in [0.05, 0.1) is 17.5 Å². The van der Waals surface area contributed by atoms with Gasteiger partial charge in [-0.05, 0) is 25.3 Å². The summed E-state index contributed by atoms with van der Waals surface area (Å²) in [5, 5.41) is 10.1. The Labute approximate surface area is 151 Å². The Morgan fingerprint density at radius 1 is 1.46 bits per heavy atom. The lowest BCUT2D eigenvalue weighted by atomic mass is 9.91. The third-order valence-electron chi connectivity index (χ3n) is 5.18. The van der Waals surface area contributed by atoms with E-state index in [1.807, 2.05) is 25.4 Å². The average molecular weight is 354 g/mol. The number of nitrogens with zero attached hydrogens (tertiary/aromatic N) is 5. The van der Waals surface area contributed by atoms with Crippen molar-refractivity contribution in [3.8, 4) is 6.07 Å². The quantitative estimate of drug-likeness (QED) is 0.831. The number of fused-ring (bicyclic) bond motifs is 1. The van der Waals surface area contributed by atoms with Crippen LogP contribution in [0.25, 0.3) is 11.0 Å². The number of amides is 1. The fourth-order valence-corrected chi connectivity index (χ4v) is 3.55. The van der Waals surface area contributed by atoms with Crippen molar-refractivity contribution in [1.82, 2.24) is 19.9 Å². The maximum atomic E-state index is 12.6. The average Bonchev–Trinajstić information content (AvgIpc) is 3.10. The number of Topliss-reactive ketones (excluding diaryl/α,β-unsaturated/α-hetero) is 1. The van der Waals surface area contributed by atoms with Crippen LogP contribution in [0.2, 0.25) is 0 Å². The number of aromatic nitrogens is 3. The highest BCUT2D eigenvalue weighted by atomic mass is 16.2. The van der Waals surface area contributed by atoms with Crippen molar-refractivity contribution in [3.63, 3.8) is 0 Å². The summed E-state index contributed by atoms with van der Waals surface area (Å²) in [7, 11) is 1.96. The van der Waals surface area contributed by atoms with Gasteiger partial charge in [0.15, 0.2) is 11.7 Å². The number of H-pyrrole nitrogens is 1. The van der Waals surface area contributed by atoms with Crippen LogP contribution < -0.4 is 4.90 Å². The van der Waals surface area contributed by atoms with E-state index in [2.05, 4.69) is 26.8 Å². The van der Waals surface area contributed by atoms with E-state index in [1.165, 1.54) is 13.3 Å². The molecule has 136 valence electrons. The van der Waals surface area contributed by atoms with Crippen LogP contribution in [0, 0.1) is 23.2 Å². The summed E-state index contributed by atoms with van der Waals surface area (Å²) >= 11 is 0. The predicted molar refractivity (Wildman–Crippen MR) is 96.2 cm³/mol. The van der Waals surface area contributed by atoms with Gasteiger partial charge in [-0.25, -0.2) is 9.97 Å². The van der Waals surface area contributed by atoms with Crippen molar-refractivity contribution in [3.05, 3.63) is 18.6 Å². The summed E-state index contributed by atoms with van der Waals surface area (Å²) in [4.78, 5) is 39.6. The van der Waals surface area contributed by atoms with E-state index in [1.54, 1.807) is 4.90 Å². The largest absolute Gasteiger partial charge is 0.354 e. The summed E-state index contributed by atoms with van der Waals surface area (Å²) in [6.45, 7) is 4.44. The molecule has 0 spiro atoms. The number of anilines is 1. The Morgan fingerprint density at radius 3 is 2.92 bits per heavy atom. The molecule has 26 heavy (non-hydrogen) atoms. The van der Waals surface area contributed by atoms with Gasteiger partial charge in [-0.3, -0.25) is 9.59 Å². The molecule has 1 aliphatic rings. The molecule has 1 amide bonds. The normalized spacial score (nSPS) is 21.2. The van der Waals surface area contributed by atoms with Gasteiger partial charge in [-0.1, -0.05) is 6.92 Å². The van der Waals surface area contributed by atoms with Crippen LogP contribution in [-0.2, 0) is 9.59 Å². The molecule has 8 heteroatoms. The van der Waals surface area contributed by atoms with Crippen LogP contribution in [-0.4, -0.2) is 57.7 Å². The van der Waals surface area contributed by atoms with E-state index in [0.717, 1.165) is 23.3 Å². The molecule has 2 aromatic rings. The van der Waals surface area contributed by atoms with Gasteiger partial charge >= 0.3 is 0 Å². The molecule has 0 aliphatic carbocycles. The number of likely N-dealkylation sites (tertiary alicyclic amines) is 1. The van der Waals surface area contributed by atoms with Gasteiger partial charge in [0.1, 0.15) is 17.8 Å². The second-order valence-corrected chi connectivity index (χ2v) is 6.84. The number of piperidine rings is 1. The molecule has 2 aromatic heterocycles. The Bertz CT molecular complexity index is 870. The third-order valence-corrected chi connectivity index (χ3v) is 5.18. The standard InChI is InChI=1S/C18H22N6O2/c1-11-5-7-24(18(26)14(8-19)12(2)25)9-15(11)23(3)17-13-4-6-20-16(13)21-10-22-17/h4,6,10-11,14-15H,5,7,9H2,1-3H3,(H,20,21,22)/t11-,14?,15+/m1/s1. The van der Waals surface area contributed by atoms with E-state index in [0.29, 0.717) is 19.0 Å². The molecule has 1 saturated heterocycles. The molecule has 3 heterocycles. The van der Waals surface area contributed by atoms with Gasteiger partial charge in [0.2, 0.25) is 5.91 Å². The predicted octanol–water partition coefficient (Wildman–Crippen LogP) is 1.36. The first-order valence-electron chi connectivity index (χ1n) is 8.63. The van der Waals surface area contributed by atoms with Crippen LogP contribution in [0.3, 0.4) is 0 Å². The van der Waals surface area contributed by atoms with Crippen molar-refractivity contribution < 1.29 is 9.59 Å². The van der Waals surface area contributed by atoms with Crippen molar-refractivity contribution in [1.29, 1.82) is 5.26 Å². The summed E-state index contributed by atoms with van der Waals surface area (Å²) in [6, 6.07) is 3.79. The van der Waals surface area contributed by atoms with Crippen molar-refractivity contribution >= 4 is 28.5 Å². The number of carbonyl (C=O) groups is 2. The number of nitriles is 1. The monoisotopic (exact) mass is 354 g/mol. The fraction of sp³-hybridized carbons (Fsp3) is 0.500.